The Kier molecular flexibility index (Phi) is 4.90. The van der Waals surface area contributed by atoms with Crippen molar-refractivity contribution in [2.75, 3.05) is 23.3 Å². The lowest BCUT2D eigenvalue weighted by Gasteiger charge is -2.21. The van der Waals surface area contributed by atoms with E-state index < -0.39 is 0 Å². The van der Waals surface area contributed by atoms with E-state index in [1.807, 2.05) is 68.6 Å². The number of hydrogen-bond donors (Lipinski definition) is 1. The van der Waals surface area contributed by atoms with Gasteiger partial charge in [0.2, 0.25) is 0 Å². The molecule has 6 heteroatoms. The van der Waals surface area contributed by atoms with E-state index in [0.29, 0.717) is 11.2 Å². The van der Waals surface area contributed by atoms with Crippen molar-refractivity contribution in [3.63, 3.8) is 0 Å². The second-order valence-corrected chi connectivity index (χ2v) is 7.99. The van der Waals surface area contributed by atoms with Crippen LogP contribution >= 0.6 is 0 Å². The smallest absolute Gasteiger partial charge is 0.256 e. The summed E-state index contributed by atoms with van der Waals surface area (Å²) in [4.78, 5) is 20.7. The number of pyridine rings is 1. The van der Waals surface area contributed by atoms with Crippen molar-refractivity contribution in [2.45, 2.75) is 19.8 Å². The van der Waals surface area contributed by atoms with E-state index >= 15 is 0 Å². The second-order valence-electron chi connectivity index (χ2n) is 7.99. The molecule has 1 N–H and O–H groups in total. The maximum atomic E-state index is 13.5. The molecule has 0 saturated carbocycles. The zero-order valence-electron chi connectivity index (χ0n) is 17.8. The highest BCUT2D eigenvalue weighted by Crippen LogP contribution is 2.31. The maximum Gasteiger partial charge on any atom is 0.256 e. The highest BCUT2D eigenvalue weighted by molar-refractivity contribution is 6.14. The molecule has 4 aromatic rings. The zero-order valence-corrected chi connectivity index (χ0v) is 17.8. The highest BCUT2D eigenvalue weighted by Gasteiger charge is 2.21. The van der Waals surface area contributed by atoms with Crippen LogP contribution in [0, 0.1) is 6.92 Å². The number of anilines is 2. The third kappa shape index (κ3) is 3.54. The molecule has 1 aliphatic rings. The minimum atomic E-state index is -0.146. The summed E-state index contributed by atoms with van der Waals surface area (Å²) < 4.78 is 1.74. The first-order chi connectivity index (χ1) is 15.1. The van der Waals surface area contributed by atoms with Gasteiger partial charge in [0.25, 0.3) is 5.91 Å². The Labute approximate surface area is 181 Å². The number of para-hydroxylation sites is 2. The first kappa shape index (κ1) is 19.3. The molecule has 6 nitrogen and oxygen atoms in total. The average Bonchev–Trinajstić information content (AvgIpc) is 3.43. The molecular weight excluding hydrogens is 386 g/mol. The van der Waals surface area contributed by atoms with Crippen molar-refractivity contribution in [3.05, 3.63) is 71.9 Å². The number of hydrogen-bond acceptors (Lipinski definition) is 4. The Hall–Kier alpha value is -3.67. The molecule has 31 heavy (non-hydrogen) atoms. The van der Waals surface area contributed by atoms with Gasteiger partial charge >= 0.3 is 0 Å². The molecule has 156 valence electrons. The summed E-state index contributed by atoms with van der Waals surface area (Å²) in [5.41, 5.74) is 5.72. The van der Waals surface area contributed by atoms with Crippen molar-refractivity contribution in [3.8, 4) is 11.3 Å². The Morgan fingerprint density at radius 1 is 1.00 bits per heavy atom. The fourth-order valence-electron chi connectivity index (χ4n) is 4.38. The van der Waals surface area contributed by atoms with Crippen molar-refractivity contribution in [1.29, 1.82) is 0 Å². The van der Waals surface area contributed by atoms with E-state index in [4.69, 9.17) is 4.98 Å². The summed E-state index contributed by atoms with van der Waals surface area (Å²) in [5.74, 6) is -0.146. The zero-order chi connectivity index (χ0) is 21.4. The number of fused-ring (bicyclic) bond motifs is 1. The summed E-state index contributed by atoms with van der Waals surface area (Å²) in [6.07, 6.45) is 2.37. The van der Waals surface area contributed by atoms with Crippen molar-refractivity contribution in [1.82, 2.24) is 14.8 Å². The standard InChI is InChI=1S/C25H25N5O/c1-17-23-19(16-21(18-10-4-3-5-11-18)26-24(23)29(2)28-17)25(31)27-20-12-6-7-13-22(20)30-14-8-9-15-30/h3-7,10-13,16H,8-9,14-15H2,1-2H3,(H,27,31). The van der Waals surface area contributed by atoms with Crippen molar-refractivity contribution in [2.24, 2.45) is 7.05 Å². The molecule has 1 fully saturated rings. The predicted molar refractivity (Wildman–Crippen MR) is 125 cm³/mol. The van der Waals surface area contributed by atoms with Gasteiger partial charge < -0.3 is 10.2 Å². The van der Waals surface area contributed by atoms with E-state index in [9.17, 15) is 4.79 Å². The lowest BCUT2D eigenvalue weighted by Crippen LogP contribution is -2.21. The molecule has 0 atom stereocenters. The fourth-order valence-corrected chi connectivity index (χ4v) is 4.38. The van der Waals surface area contributed by atoms with E-state index in [-0.39, 0.29) is 5.91 Å². The minimum absolute atomic E-state index is 0.146. The highest BCUT2D eigenvalue weighted by atomic mass is 16.1. The molecule has 1 aliphatic heterocycles. The van der Waals surface area contributed by atoms with Crippen LogP contribution in [0.2, 0.25) is 0 Å². The quantitative estimate of drug-likeness (QED) is 0.524. The van der Waals surface area contributed by atoms with E-state index in [1.54, 1.807) is 4.68 Å². The molecule has 0 bridgehead atoms. The van der Waals surface area contributed by atoms with Crippen LogP contribution in [0.1, 0.15) is 28.9 Å². The molecule has 3 heterocycles. The molecule has 2 aromatic carbocycles. The number of aromatic nitrogens is 3. The molecule has 0 unspecified atom stereocenters. The monoisotopic (exact) mass is 411 g/mol. The molecule has 1 saturated heterocycles. The van der Waals surface area contributed by atoms with Crippen LogP contribution in [0.4, 0.5) is 11.4 Å². The Balaban J connectivity index is 1.59. The third-order valence-corrected chi connectivity index (χ3v) is 5.88. The SMILES string of the molecule is Cc1nn(C)c2nc(-c3ccccc3)cc(C(=O)Nc3ccccc3N3CCCC3)c12. The van der Waals surface area contributed by atoms with Crippen LogP contribution in [0.25, 0.3) is 22.3 Å². The van der Waals surface area contributed by atoms with Crippen LogP contribution in [-0.4, -0.2) is 33.8 Å². The third-order valence-electron chi connectivity index (χ3n) is 5.88. The minimum Gasteiger partial charge on any atom is -0.370 e. The largest absolute Gasteiger partial charge is 0.370 e. The van der Waals surface area contributed by atoms with Gasteiger partial charge in [0.05, 0.1) is 33.7 Å². The molecule has 1 amide bonds. The van der Waals surface area contributed by atoms with Crippen molar-refractivity contribution < 1.29 is 4.79 Å². The van der Waals surface area contributed by atoms with Crippen molar-refractivity contribution >= 4 is 28.3 Å². The molecule has 0 spiro atoms. The first-order valence-electron chi connectivity index (χ1n) is 10.7. The number of nitrogens with zero attached hydrogens (tertiary/aromatic N) is 4. The predicted octanol–water partition coefficient (Wildman–Crippen LogP) is 4.80. The van der Waals surface area contributed by atoms with Crippen LogP contribution in [0.3, 0.4) is 0 Å². The number of carbonyl (C=O) groups excluding carboxylic acids is 1. The number of carbonyl (C=O) groups is 1. The Morgan fingerprint density at radius 2 is 1.71 bits per heavy atom. The Morgan fingerprint density at radius 3 is 2.48 bits per heavy atom. The average molecular weight is 412 g/mol. The van der Waals surface area contributed by atoms with Gasteiger partial charge in [-0.2, -0.15) is 5.10 Å². The van der Waals surface area contributed by atoms with Gasteiger partial charge in [0, 0.05) is 25.7 Å². The van der Waals surface area contributed by atoms with E-state index in [0.717, 1.165) is 46.8 Å². The van der Waals surface area contributed by atoms with Gasteiger partial charge in [-0.3, -0.25) is 9.48 Å². The summed E-state index contributed by atoms with van der Waals surface area (Å²) in [6, 6.07) is 19.8. The Bertz CT molecular complexity index is 1260. The molecule has 0 aliphatic carbocycles. The summed E-state index contributed by atoms with van der Waals surface area (Å²) >= 11 is 0. The first-order valence-corrected chi connectivity index (χ1v) is 10.7. The molecule has 5 rings (SSSR count). The molecule has 0 radical (unpaired) electrons. The van der Waals surface area contributed by atoms with Gasteiger partial charge in [-0.15, -0.1) is 0 Å². The van der Waals surface area contributed by atoms with Gasteiger partial charge in [-0.25, -0.2) is 4.98 Å². The van der Waals surface area contributed by atoms with Gasteiger partial charge in [-0.1, -0.05) is 42.5 Å². The number of nitrogens with one attached hydrogen (secondary N) is 1. The second kappa shape index (κ2) is 7.87. The lowest BCUT2D eigenvalue weighted by atomic mass is 10.0. The topological polar surface area (TPSA) is 63.1 Å². The van der Waals surface area contributed by atoms with Gasteiger partial charge in [-0.05, 0) is 38.0 Å². The summed E-state index contributed by atoms with van der Waals surface area (Å²) in [5, 5.41) is 8.48. The number of aryl methyl sites for hydroxylation is 2. The normalized spacial score (nSPS) is 13.7. The summed E-state index contributed by atoms with van der Waals surface area (Å²) in [7, 11) is 1.86. The van der Waals surface area contributed by atoms with Crippen LogP contribution in [0.15, 0.2) is 60.7 Å². The maximum absolute atomic E-state index is 13.5. The van der Waals surface area contributed by atoms with E-state index in [2.05, 4.69) is 21.4 Å². The van der Waals surface area contributed by atoms with E-state index in [1.165, 1.54) is 12.8 Å². The van der Waals surface area contributed by atoms with Gasteiger partial charge in [0.1, 0.15) is 0 Å². The van der Waals surface area contributed by atoms with Gasteiger partial charge in [0.15, 0.2) is 5.65 Å². The van der Waals surface area contributed by atoms with Crippen LogP contribution in [-0.2, 0) is 7.05 Å². The number of benzene rings is 2. The molecule has 2 aromatic heterocycles. The van der Waals surface area contributed by atoms with Crippen LogP contribution < -0.4 is 10.2 Å². The lowest BCUT2D eigenvalue weighted by molar-refractivity contribution is 0.102. The number of amides is 1. The fraction of sp³-hybridized carbons (Fsp3) is 0.240. The van der Waals surface area contributed by atoms with Crippen LogP contribution in [0.5, 0.6) is 0 Å². The number of rotatable bonds is 4. The summed E-state index contributed by atoms with van der Waals surface area (Å²) in [6.45, 7) is 3.96. The molecular formula is C25H25N5O.